The van der Waals surface area contributed by atoms with Crippen molar-refractivity contribution >= 4 is 15.9 Å². The van der Waals surface area contributed by atoms with Gasteiger partial charge in [0.25, 0.3) is 0 Å². The third-order valence-corrected chi connectivity index (χ3v) is 4.04. The predicted molar refractivity (Wildman–Crippen MR) is 78.7 cm³/mol. The first kappa shape index (κ1) is 15.4. The smallest absolute Gasteiger partial charge is 0.0766 e. The number of aromatic nitrogens is 2. The summed E-state index contributed by atoms with van der Waals surface area (Å²) >= 11 is 3.61. The van der Waals surface area contributed by atoms with Gasteiger partial charge in [-0.15, -0.1) is 6.58 Å². The highest BCUT2D eigenvalue weighted by molar-refractivity contribution is 9.10. The van der Waals surface area contributed by atoms with Gasteiger partial charge in [-0.05, 0) is 49.0 Å². The molecule has 1 unspecified atom stereocenters. The van der Waals surface area contributed by atoms with E-state index in [0.29, 0.717) is 6.42 Å². The Morgan fingerprint density at radius 2 is 2.17 bits per heavy atom. The molecule has 0 aliphatic rings. The van der Waals surface area contributed by atoms with Crippen LogP contribution in [0.1, 0.15) is 45.0 Å². The Bertz CT molecular complexity index is 410. The molecule has 0 aliphatic heterocycles. The lowest BCUT2D eigenvalue weighted by atomic mass is 9.94. The van der Waals surface area contributed by atoms with E-state index in [4.69, 9.17) is 0 Å². The summed E-state index contributed by atoms with van der Waals surface area (Å²) < 4.78 is 3.02. The van der Waals surface area contributed by atoms with Crippen molar-refractivity contribution in [2.24, 2.45) is 0 Å². The fourth-order valence-electron chi connectivity index (χ4n) is 2.05. The molecule has 1 aromatic heterocycles. The zero-order valence-electron chi connectivity index (χ0n) is 11.5. The zero-order chi connectivity index (χ0) is 13.8. The minimum atomic E-state index is -0.714. The van der Waals surface area contributed by atoms with Gasteiger partial charge in [0.05, 0.1) is 21.5 Å². The summed E-state index contributed by atoms with van der Waals surface area (Å²) in [6, 6.07) is 0. The van der Waals surface area contributed by atoms with Crippen LogP contribution in [0.5, 0.6) is 0 Å². The Morgan fingerprint density at radius 1 is 1.50 bits per heavy atom. The van der Waals surface area contributed by atoms with Crippen molar-refractivity contribution in [3.63, 3.8) is 0 Å². The van der Waals surface area contributed by atoms with E-state index in [2.05, 4.69) is 41.5 Å². The molecule has 0 radical (unpaired) electrons. The molecule has 0 saturated carbocycles. The molecule has 0 aromatic carbocycles. The van der Waals surface area contributed by atoms with E-state index < -0.39 is 5.60 Å². The number of hydrogen-bond donors (Lipinski definition) is 1. The molecule has 0 aliphatic carbocycles. The summed E-state index contributed by atoms with van der Waals surface area (Å²) in [6.07, 6.45) is 4.90. The maximum Gasteiger partial charge on any atom is 0.0766 e. The second-order valence-electron chi connectivity index (χ2n) is 4.88. The zero-order valence-corrected chi connectivity index (χ0v) is 13.1. The summed E-state index contributed by atoms with van der Waals surface area (Å²) in [5, 5.41) is 15.0. The molecule has 4 heteroatoms. The Balaban J connectivity index is 2.95. The molecule has 18 heavy (non-hydrogen) atoms. The van der Waals surface area contributed by atoms with E-state index >= 15 is 0 Å². The van der Waals surface area contributed by atoms with Crippen molar-refractivity contribution in [3.05, 3.63) is 28.5 Å². The van der Waals surface area contributed by atoms with Gasteiger partial charge < -0.3 is 5.11 Å². The van der Waals surface area contributed by atoms with E-state index in [1.807, 2.05) is 17.7 Å². The first-order valence-electron chi connectivity index (χ1n) is 6.52. The summed E-state index contributed by atoms with van der Waals surface area (Å²) in [4.78, 5) is 0. The van der Waals surface area contributed by atoms with Crippen LogP contribution in [0.25, 0.3) is 0 Å². The number of hydrogen-bond acceptors (Lipinski definition) is 2. The average Bonchev–Trinajstić information content (AvgIpc) is 2.63. The largest absolute Gasteiger partial charge is 0.390 e. The fraction of sp³-hybridized carbons (Fsp3) is 0.643. The SMILES string of the molecule is C=CCCC(C)(O)Cc1c(Br)c(CC)nn1CC. The lowest BCUT2D eigenvalue weighted by Crippen LogP contribution is -2.28. The van der Waals surface area contributed by atoms with Gasteiger partial charge >= 0.3 is 0 Å². The average molecular weight is 315 g/mol. The van der Waals surface area contributed by atoms with Crippen LogP contribution in [-0.2, 0) is 19.4 Å². The van der Waals surface area contributed by atoms with Gasteiger partial charge in [-0.1, -0.05) is 13.0 Å². The third-order valence-electron chi connectivity index (χ3n) is 3.13. The molecule has 1 N–H and O–H groups in total. The van der Waals surface area contributed by atoms with Crippen molar-refractivity contribution in [2.45, 2.75) is 58.6 Å². The lowest BCUT2D eigenvalue weighted by molar-refractivity contribution is 0.0501. The van der Waals surface area contributed by atoms with Gasteiger partial charge in [0, 0.05) is 13.0 Å². The quantitative estimate of drug-likeness (QED) is 0.782. The molecular formula is C14H23BrN2O. The Hall–Kier alpha value is -0.610. The second kappa shape index (κ2) is 6.53. The number of allylic oxidation sites excluding steroid dienone is 1. The number of aryl methyl sites for hydroxylation is 2. The van der Waals surface area contributed by atoms with Crippen molar-refractivity contribution in [3.8, 4) is 0 Å². The van der Waals surface area contributed by atoms with E-state index in [1.54, 1.807) is 0 Å². The van der Waals surface area contributed by atoms with Crippen LogP contribution in [-0.4, -0.2) is 20.5 Å². The maximum atomic E-state index is 10.4. The van der Waals surface area contributed by atoms with Gasteiger partial charge in [0.2, 0.25) is 0 Å². The van der Waals surface area contributed by atoms with Crippen molar-refractivity contribution in [1.29, 1.82) is 0 Å². The number of rotatable bonds is 7. The Kier molecular flexibility index (Phi) is 5.60. The Labute approximate surface area is 118 Å². The highest BCUT2D eigenvalue weighted by Crippen LogP contribution is 2.27. The van der Waals surface area contributed by atoms with Crippen LogP contribution in [0.4, 0.5) is 0 Å². The normalized spacial score (nSPS) is 14.5. The van der Waals surface area contributed by atoms with Crippen molar-refractivity contribution < 1.29 is 5.11 Å². The molecule has 0 fully saturated rings. The summed E-state index contributed by atoms with van der Waals surface area (Å²) in [5.41, 5.74) is 1.43. The van der Waals surface area contributed by atoms with Gasteiger partial charge in [-0.2, -0.15) is 5.10 Å². The Morgan fingerprint density at radius 3 is 2.67 bits per heavy atom. The minimum absolute atomic E-state index is 0.613. The second-order valence-corrected chi connectivity index (χ2v) is 5.67. The number of nitrogens with zero attached hydrogens (tertiary/aromatic N) is 2. The standard InChI is InChI=1S/C14H23BrN2O/c1-5-8-9-14(4,18)10-12-13(15)11(6-2)16-17(12)7-3/h5,18H,1,6-10H2,2-4H3. The summed E-state index contributed by atoms with van der Waals surface area (Å²) in [6.45, 7) is 10.6. The van der Waals surface area contributed by atoms with Crippen LogP contribution in [0.15, 0.2) is 17.1 Å². The van der Waals surface area contributed by atoms with Crippen LogP contribution in [0.2, 0.25) is 0 Å². The van der Waals surface area contributed by atoms with E-state index in [-0.39, 0.29) is 0 Å². The molecule has 0 bridgehead atoms. The van der Waals surface area contributed by atoms with Crippen molar-refractivity contribution in [2.75, 3.05) is 0 Å². The van der Waals surface area contributed by atoms with E-state index in [9.17, 15) is 5.11 Å². The van der Waals surface area contributed by atoms with Gasteiger partial charge in [0.1, 0.15) is 0 Å². The van der Waals surface area contributed by atoms with Gasteiger partial charge in [-0.3, -0.25) is 4.68 Å². The van der Waals surface area contributed by atoms with Crippen molar-refractivity contribution in [1.82, 2.24) is 9.78 Å². The van der Waals surface area contributed by atoms with Crippen LogP contribution in [0.3, 0.4) is 0 Å². The highest BCUT2D eigenvalue weighted by atomic mass is 79.9. The predicted octanol–water partition coefficient (Wildman–Crippen LogP) is 3.49. The molecule has 1 rings (SSSR count). The molecule has 0 spiro atoms. The first-order valence-corrected chi connectivity index (χ1v) is 7.31. The molecule has 0 saturated heterocycles. The third kappa shape index (κ3) is 3.69. The van der Waals surface area contributed by atoms with E-state index in [0.717, 1.165) is 41.7 Å². The van der Waals surface area contributed by atoms with Crippen LogP contribution < -0.4 is 0 Å². The molecule has 102 valence electrons. The van der Waals surface area contributed by atoms with Crippen LogP contribution in [0, 0.1) is 0 Å². The lowest BCUT2D eigenvalue weighted by Gasteiger charge is -2.23. The summed E-state index contributed by atoms with van der Waals surface area (Å²) in [5.74, 6) is 0. The molecule has 3 nitrogen and oxygen atoms in total. The summed E-state index contributed by atoms with van der Waals surface area (Å²) in [7, 11) is 0. The van der Waals surface area contributed by atoms with E-state index in [1.165, 1.54) is 0 Å². The number of halogens is 1. The van der Waals surface area contributed by atoms with Crippen LogP contribution >= 0.6 is 15.9 Å². The topological polar surface area (TPSA) is 38.1 Å². The molecule has 0 amide bonds. The fourth-order valence-corrected chi connectivity index (χ4v) is 2.75. The molecule has 1 heterocycles. The monoisotopic (exact) mass is 314 g/mol. The minimum Gasteiger partial charge on any atom is -0.390 e. The highest BCUT2D eigenvalue weighted by Gasteiger charge is 2.25. The van der Waals surface area contributed by atoms with Gasteiger partial charge in [-0.25, -0.2) is 0 Å². The number of aliphatic hydroxyl groups is 1. The molecule has 1 atom stereocenters. The first-order chi connectivity index (χ1) is 8.45. The maximum absolute atomic E-state index is 10.4. The molecule has 1 aromatic rings. The van der Waals surface area contributed by atoms with Gasteiger partial charge in [0.15, 0.2) is 0 Å². The molecular weight excluding hydrogens is 292 g/mol.